The Kier molecular flexibility index (Phi) is 4.91. The third kappa shape index (κ3) is 4.12. The van der Waals surface area contributed by atoms with Gasteiger partial charge in [0.15, 0.2) is 0 Å². The molecule has 0 bridgehead atoms. The Bertz CT molecular complexity index is 484. The van der Waals surface area contributed by atoms with Crippen LogP contribution in [-0.2, 0) is 12.4 Å². The zero-order chi connectivity index (χ0) is 16.4. The highest BCUT2D eigenvalue weighted by molar-refractivity contribution is 5.94. The lowest BCUT2D eigenvalue weighted by atomic mass is 10.0. The Morgan fingerprint density at radius 2 is 1.29 bits per heavy atom. The molecule has 1 rings (SSSR count). The number of rotatable bonds is 3. The maximum absolute atomic E-state index is 12.7. The van der Waals surface area contributed by atoms with Crippen molar-refractivity contribution in [1.29, 1.82) is 0 Å². The molecular weight excluding hydrogens is 300 g/mol. The minimum atomic E-state index is -4.96. The van der Waals surface area contributed by atoms with Crippen LogP contribution in [0.5, 0.6) is 0 Å². The molecule has 0 aliphatic rings. The topological polar surface area (TPSA) is 20.3 Å². The van der Waals surface area contributed by atoms with Gasteiger partial charge in [-0.1, -0.05) is 0 Å². The van der Waals surface area contributed by atoms with E-state index in [4.69, 9.17) is 0 Å². The van der Waals surface area contributed by atoms with Crippen LogP contribution >= 0.6 is 0 Å². The van der Waals surface area contributed by atoms with Crippen LogP contribution in [0.4, 0.5) is 26.3 Å². The van der Waals surface area contributed by atoms with Crippen LogP contribution in [0.15, 0.2) is 18.2 Å². The molecule has 118 valence electrons. The van der Waals surface area contributed by atoms with Crippen molar-refractivity contribution in [2.75, 3.05) is 13.1 Å². The Morgan fingerprint density at radius 1 is 0.905 bits per heavy atom. The van der Waals surface area contributed by atoms with Crippen LogP contribution in [0.2, 0.25) is 0 Å². The van der Waals surface area contributed by atoms with Crippen LogP contribution in [-0.4, -0.2) is 23.9 Å². The fourth-order valence-electron chi connectivity index (χ4n) is 1.77. The smallest absolute Gasteiger partial charge is 0.339 e. The molecular formula is C13H13F6NO. The number of hydrogen-bond acceptors (Lipinski definition) is 1. The number of amides is 1. The Balaban J connectivity index is 3.42. The summed E-state index contributed by atoms with van der Waals surface area (Å²) in [6.45, 7) is 3.54. The highest BCUT2D eigenvalue weighted by atomic mass is 19.4. The van der Waals surface area contributed by atoms with Gasteiger partial charge in [-0.15, -0.1) is 0 Å². The van der Waals surface area contributed by atoms with Gasteiger partial charge >= 0.3 is 12.4 Å². The van der Waals surface area contributed by atoms with Crippen LogP contribution in [0.1, 0.15) is 35.3 Å². The van der Waals surface area contributed by atoms with Crippen LogP contribution in [0.25, 0.3) is 0 Å². The summed E-state index contributed by atoms with van der Waals surface area (Å²) in [5.74, 6) is -0.864. The number of nitrogens with zero attached hydrogens (tertiary/aromatic N) is 1. The summed E-state index contributed by atoms with van der Waals surface area (Å²) in [6, 6.07) is 0.880. The normalized spacial score (nSPS) is 12.4. The Labute approximate surface area is 117 Å². The van der Waals surface area contributed by atoms with Crippen molar-refractivity contribution >= 4 is 5.91 Å². The Morgan fingerprint density at radius 3 is 1.57 bits per heavy atom. The van der Waals surface area contributed by atoms with E-state index in [0.29, 0.717) is 12.1 Å². The summed E-state index contributed by atoms with van der Waals surface area (Å²) in [7, 11) is 0. The van der Waals surface area contributed by atoms with Crippen molar-refractivity contribution in [2.24, 2.45) is 0 Å². The minimum absolute atomic E-state index is 0.000981. The molecule has 1 aromatic rings. The van der Waals surface area contributed by atoms with Crippen molar-refractivity contribution in [2.45, 2.75) is 26.2 Å². The second kappa shape index (κ2) is 5.95. The van der Waals surface area contributed by atoms with Crippen LogP contribution in [0.3, 0.4) is 0 Å². The van der Waals surface area contributed by atoms with Crippen molar-refractivity contribution in [1.82, 2.24) is 4.90 Å². The molecule has 1 aromatic carbocycles. The summed E-state index contributed by atoms with van der Waals surface area (Å²) < 4.78 is 76.0. The van der Waals surface area contributed by atoms with Gasteiger partial charge < -0.3 is 4.90 Å². The zero-order valence-electron chi connectivity index (χ0n) is 11.3. The lowest BCUT2D eigenvalue weighted by Crippen LogP contribution is -2.31. The molecule has 0 radical (unpaired) electrons. The molecule has 0 saturated heterocycles. The van der Waals surface area contributed by atoms with E-state index in [2.05, 4.69) is 0 Å². The number of benzene rings is 1. The summed E-state index contributed by atoms with van der Waals surface area (Å²) in [6.07, 6.45) is -9.92. The SMILES string of the molecule is CCN(CC)C(=O)c1cc(C(F)(F)F)cc(C(F)(F)F)c1. The van der Waals surface area contributed by atoms with E-state index in [9.17, 15) is 31.1 Å². The lowest BCUT2D eigenvalue weighted by Gasteiger charge is -2.20. The largest absolute Gasteiger partial charge is 0.416 e. The Hall–Kier alpha value is -1.73. The van der Waals surface area contributed by atoms with E-state index in [1.165, 1.54) is 0 Å². The first kappa shape index (κ1) is 17.3. The average Bonchev–Trinajstić information content (AvgIpc) is 2.37. The van der Waals surface area contributed by atoms with E-state index in [1.54, 1.807) is 13.8 Å². The first-order chi connectivity index (χ1) is 9.50. The monoisotopic (exact) mass is 313 g/mol. The van der Waals surface area contributed by atoms with Gasteiger partial charge in [0.25, 0.3) is 5.91 Å². The van der Waals surface area contributed by atoms with Gasteiger partial charge in [0.1, 0.15) is 0 Å². The van der Waals surface area contributed by atoms with Crippen LogP contribution in [0, 0.1) is 0 Å². The van der Waals surface area contributed by atoms with E-state index in [0.717, 1.165) is 4.90 Å². The second-order valence-electron chi connectivity index (χ2n) is 4.27. The van der Waals surface area contributed by atoms with Gasteiger partial charge in [0.2, 0.25) is 0 Å². The molecule has 0 saturated carbocycles. The number of carbonyl (C=O) groups excluding carboxylic acids is 1. The molecule has 1 amide bonds. The third-order valence-corrected chi connectivity index (χ3v) is 2.89. The number of alkyl halides is 6. The highest BCUT2D eigenvalue weighted by Crippen LogP contribution is 2.36. The molecule has 0 spiro atoms. The molecule has 0 aromatic heterocycles. The quantitative estimate of drug-likeness (QED) is 0.766. The summed E-state index contributed by atoms with van der Waals surface area (Å²) in [5, 5.41) is 0. The van der Waals surface area contributed by atoms with Crippen molar-refractivity contribution in [3.8, 4) is 0 Å². The lowest BCUT2D eigenvalue weighted by molar-refractivity contribution is -0.143. The number of hydrogen-bond donors (Lipinski definition) is 0. The zero-order valence-corrected chi connectivity index (χ0v) is 11.3. The van der Waals surface area contributed by atoms with E-state index in [-0.39, 0.29) is 19.2 Å². The predicted octanol–water partition coefficient (Wildman–Crippen LogP) is 4.21. The molecule has 2 nitrogen and oxygen atoms in total. The first-order valence-corrected chi connectivity index (χ1v) is 6.09. The van der Waals surface area contributed by atoms with E-state index < -0.39 is 35.0 Å². The van der Waals surface area contributed by atoms with Gasteiger partial charge in [-0.05, 0) is 32.0 Å². The van der Waals surface area contributed by atoms with Gasteiger partial charge in [-0.25, -0.2) is 0 Å². The maximum Gasteiger partial charge on any atom is 0.416 e. The molecule has 0 unspecified atom stereocenters. The maximum atomic E-state index is 12.7. The molecule has 0 aliphatic carbocycles. The number of halogens is 6. The second-order valence-corrected chi connectivity index (χ2v) is 4.27. The number of carbonyl (C=O) groups is 1. The molecule has 0 atom stereocenters. The van der Waals surface area contributed by atoms with Crippen molar-refractivity contribution < 1.29 is 31.1 Å². The van der Waals surface area contributed by atoms with Gasteiger partial charge in [0.05, 0.1) is 11.1 Å². The van der Waals surface area contributed by atoms with Gasteiger partial charge in [-0.3, -0.25) is 4.79 Å². The molecule has 8 heteroatoms. The molecule has 0 fully saturated rings. The van der Waals surface area contributed by atoms with Crippen molar-refractivity contribution in [3.05, 3.63) is 34.9 Å². The summed E-state index contributed by atoms with van der Waals surface area (Å²) in [5.41, 5.74) is -3.61. The molecule has 0 heterocycles. The summed E-state index contributed by atoms with van der Waals surface area (Å²) >= 11 is 0. The summed E-state index contributed by atoms with van der Waals surface area (Å²) in [4.78, 5) is 13.1. The van der Waals surface area contributed by atoms with E-state index >= 15 is 0 Å². The predicted molar refractivity (Wildman–Crippen MR) is 63.7 cm³/mol. The average molecular weight is 313 g/mol. The van der Waals surface area contributed by atoms with E-state index in [1.807, 2.05) is 0 Å². The first-order valence-electron chi connectivity index (χ1n) is 6.09. The molecule has 0 N–H and O–H groups in total. The van der Waals surface area contributed by atoms with Crippen LogP contribution < -0.4 is 0 Å². The van der Waals surface area contributed by atoms with Gasteiger partial charge in [0, 0.05) is 18.7 Å². The van der Waals surface area contributed by atoms with Gasteiger partial charge in [-0.2, -0.15) is 26.3 Å². The highest BCUT2D eigenvalue weighted by Gasteiger charge is 2.37. The van der Waals surface area contributed by atoms with Crippen molar-refractivity contribution in [3.63, 3.8) is 0 Å². The fourth-order valence-corrected chi connectivity index (χ4v) is 1.77. The molecule has 21 heavy (non-hydrogen) atoms. The standard InChI is InChI=1S/C13H13F6NO/c1-3-20(4-2)11(21)8-5-9(12(14,15)16)7-10(6-8)13(17,18)19/h5-7H,3-4H2,1-2H3. The third-order valence-electron chi connectivity index (χ3n) is 2.89. The molecule has 0 aliphatic heterocycles. The minimum Gasteiger partial charge on any atom is -0.339 e. The fraction of sp³-hybridized carbons (Fsp3) is 0.462.